The minimum atomic E-state index is -1.60. The molecule has 0 unspecified atom stereocenters. The van der Waals surface area contributed by atoms with Crippen LogP contribution in [0.1, 0.15) is 61.3 Å². The van der Waals surface area contributed by atoms with E-state index >= 15 is 0 Å². The summed E-state index contributed by atoms with van der Waals surface area (Å²) in [6, 6.07) is 20.9. The zero-order valence-electron chi connectivity index (χ0n) is 36.0. The van der Waals surface area contributed by atoms with Crippen molar-refractivity contribution >= 4 is 23.9 Å². The number of aliphatic hydroxyl groups excluding tert-OH is 2. The summed E-state index contributed by atoms with van der Waals surface area (Å²) in [7, 11) is 3.23. The fourth-order valence-electron chi connectivity index (χ4n) is 6.83. The molecule has 0 aliphatic carbocycles. The molecule has 6 amide bonds. The van der Waals surface area contributed by atoms with Gasteiger partial charge in [0.15, 0.2) is 0 Å². The van der Waals surface area contributed by atoms with Crippen LogP contribution < -0.4 is 21.3 Å². The molecule has 4 aromatic rings. The van der Waals surface area contributed by atoms with Crippen LogP contribution in [-0.2, 0) is 35.5 Å². The first-order chi connectivity index (χ1) is 28.5. The van der Waals surface area contributed by atoms with E-state index in [2.05, 4.69) is 31.2 Å². The summed E-state index contributed by atoms with van der Waals surface area (Å²) in [5.41, 5.74) is 4.96. The van der Waals surface area contributed by atoms with Crippen molar-refractivity contribution in [1.29, 1.82) is 0 Å². The third kappa shape index (κ3) is 14.2. The maximum atomic E-state index is 14.1. The number of aryl methyl sites for hydroxylation is 2. The number of aliphatic hydroxyl groups is 2. The van der Waals surface area contributed by atoms with Gasteiger partial charge in [-0.15, -0.1) is 0 Å². The summed E-state index contributed by atoms with van der Waals surface area (Å²) in [6.45, 7) is 11.5. The smallest absolute Gasteiger partial charge is 0.318 e. The highest BCUT2D eigenvalue weighted by molar-refractivity contribution is 5.88. The predicted molar refractivity (Wildman–Crippen MR) is 231 cm³/mol. The third-order valence-electron chi connectivity index (χ3n) is 10.3. The van der Waals surface area contributed by atoms with Gasteiger partial charge in [-0.1, -0.05) is 88.4 Å². The van der Waals surface area contributed by atoms with Crippen molar-refractivity contribution in [3.63, 3.8) is 0 Å². The van der Waals surface area contributed by atoms with Crippen molar-refractivity contribution in [3.05, 3.63) is 131 Å². The molecule has 2 aromatic carbocycles. The zero-order valence-corrected chi connectivity index (χ0v) is 36.0. The normalized spacial score (nSPS) is 14.3. The number of hydrogen-bond donors (Lipinski definition) is 6. The number of pyridine rings is 2. The minimum absolute atomic E-state index is 0.126. The average molecular weight is 823 g/mol. The standard InChI is InChI=1S/C46H62N8O6/c1-29(2)39(51-45(59)53(7)27-35-23-31(5)19-21-47-35)43(57)49-37(25-33-15-11-9-12-16-33)41(55)42(56)38(26-34-17-13-10-14-18-34)50-44(58)40(30(3)4)52-46(60)54(8)28-36-24-32(6)20-22-48-36/h9-24,29-30,37-42,55-56H,25-28H2,1-8H3,(H,49,57)(H,50,58)(H,51,59)(H,52,60)/t37-,38-,39-,40-,41-,42+/m0/s1. The molecule has 0 aliphatic rings. The third-order valence-corrected chi connectivity index (χ3v) is 10.3. The van der Waals surface area contributed by atoms with Crippen molar-refractivity contribution in [1.82, 2.24) is 41.0 Å². The maximum Gasteiger partial charge on any atom is 0.318 e. The fourth-order valence-corrected chi connectivity index (χ4v) is 6.83. The number of nitrogens with zero attached hydrogens (tertiary/aromatic N) is 4. The topological polar surface area (TPSA) is 189 Å². The van der Waals surface area contributed by atoms with Crippen molar-refractivity contribution in [3.8, 4) is 0 Å². The molecule has 2 aromatic heterocycles. The molecule has 0 spiro atoms. The summed E-state index contributed by atoms with van der Waals surface area (Å²) in [6.07, 6.45) is 0.414. The van der Waals surface area contributed by atoms with Gasteiger partial charge in [0.25, 0.3) is 0 Å². The van der Waals surface area contributed by atoms with Crippen LogP contribution in [-0.4, -0.2) is 104 Å². The van der Waals surface area contributed by atoms with Crippen LogP contribution in [0.3, 0.4) is 0 Å². The van der Waals surface area contributed by atoms with Crippen molar-refractivity contribution < 1.29 is 29.4 Å². The second-order valence-electron chi connectivity index (χ2n) is 16.3. The van der Waals surface area contributed by atoms with Crippen molar-refractivity contribution in [2.75, 3.05) is 14.1 Å². The Balaban J connectivity index is 1.56. The SMILES string of the molecule is Cc1ccnc(CN(C)C(=O)N[C@H](C(=O)N[C@@H](Cc2ccccc2)[C@H](O)[C@H](O)[C@H](Cc2ccccc2)NC(=O)[C@@H](NC(=O)N(C)Cc2cc(C)ccn2)C(C)C)C(C)C)c1. The van der Waals surface area contributed by atoms with Gasteiger partial charge >= 0.3 is 12.1 Å². The number of hydrogen-bond acceptors (Lipinski definition) is 8. The maximum absolute atomic E-state index is 14.1. The highest BCUT2D eigenvalue weighted by Crippen LogP contribution is 2.17. The summed E-state index contributed by atoms with van der Waals surface area (Å²) in [4.78, 5) is 66.5. The van der Waals surface area contributed by atoms with E-state index in [1.165, 1.54) is 9.80 Å². The quantitative estimate of drug-likeness (QED) is 0.0808. The lowest BCUT2D eigenvalue weighted by Gasteiger charge is -2.35. The molecule has 0 fully saturated rings. The van der Waals surface area contributed by atoms with Gasteiger partial charge in [-0.05, 0) is 85.0 Å². The Bertz CT molecular complexity index is 1860. The summed E-state index contributed by atoms with van der Waals surface area (Å²) in [5, 5.41) is 35.6. The number of rotatable bonds is 19. The molecule has 60 heavy (non-hydrogen) atoms. The van der Waals surface area contributed by atoms with E-state index in [1.54, 1.807) is 54.2 Å². The lowest BCUT2D eigenvalue weighted by molar-refractivity contribution is -0.129. The molecule has 14 nitrogen and oxygen atoms in total. The Morgan fingerprint density at radius 2 is 0.917 bits per heavy atom. The lowest BCUT2D eigenvalue weighted by atomic mass is 9.90. The van der Waals surface area contributed by atoms with E-state index in [9.17, 15) is 29.4 Å². The Morgan fingerprint density at radius 1 is 0.567 bits per heavy atom. The van der Waals surface area contributed by atoms with Crippen LogP contribution in [0.2, 0.25) is 0 Å². The number of urea groups is 2. The number of nitrogens with one attached hydrogen (secondary N) is 4. The van der Waals surface area contributed by atoms with Gasteiger partial charge < -0.3 is 41.3 Å². The molecule has 0 saturated heterocycles. The molecular formula is C46H62N8O6. The molecule has 2 heterocycles. The molecule has 322 valence electrons. The first-order valence-corrected chi connectivity index (χ1v) is 20.4. The zero-order chi connectivity index (χ0) is 43.9. The fraction of sp³-hybridized carbons (Fsp3) is 0.435. The Morgan fingerprint density at radius 3 is 1.23 bits per heavy atom. The number of carbonyl (C=O) groups is 4. The van der Waals surface area contributed by atoms with E-state index in [0.29, 0.717) is 11.4 Å². The van der Waals surface area contributed by atoms with Crippen LogP contribution in [0.25, 0.3) is 0 Å². The molecular weight excluding hydrogens is 761 g/mol. The number of aromatic nitrogens is 2. The number of benzene rings is 2. The highest BCUT2D eigenvalue weighted by atomic mass is 16.3. The van der Waals surface area contributed by atoms with Gasteiger partial charge in [0, 0.05) is 26.5 Å². The summed E-state index contributed by atoms with van der Waals surface area (Å²) in [5.74, 6) is -1.80. The lowest BCUT2D eigenvalue weighted by Crippen LogP contribution is -2.62. The van der Waals surface area contributed by atoms with Crippen molar-refractivity contribution in [2.45, 2.75) is 104 Å². The van der Waals surface area contributed by atoms with Gasteiger partial charge in [0.2, 0.25) is 11.8 Å². The second kappa shape index (κ2) is 22.5. The Hall–Kier alpha value is -5.86. The van der Waals surface area contributed by atoms with Crippen LogP contribution in [0, 0.1) is 25.7 Å². The van der Waals surface area contributed by atoms with Gasteiger partial charge in [-0.3, -0.25) is 19.6 Å². The molecule has 0 bridgehead atoms. The van der Waals surface area contributed by atoms with Crippen molar-refractivity contribution in [2.24, 2.45) is 11.8 Å². The molecule has 14 heteroatoms. The number of carbonyl (C=O) groups excluding carboxylic acids is 4. The molecule has 0 radical (unpaired) electrons. The van der Waals surface area contributed by atoms with E-state index in [0.717, 1.165) is 22.3 Å². The molecule has 0 saturated carbocycles. The van der Waals surface area contributed by atoms with E-state index in [1.807, 2.05) is 98.8 Å². The summed E-state index contributed by atoms with van der Waals surface area (Å²) < 4.78 is 0. The average Bonchev–Trinajstić information content (AvgIpc) is 3.21. The van der Waals surface area contributed by atoms with E-state index < -0.39 is 60.3 Å². The second-order valence-corrected chi connectivity index (χ2v) is 16.3. The van der Waals surface area contributed by atoms with Gasteiger partial charge in [-0.25, -0.2) is 9.59 Å². The largest absolute Gasteiger partial charge is 0.388 e. The molecule has 6 N–H and O–H groups in total. The van der Waals surface area contributed by atoms with Crippen LogP contribution in [0.4, 0.5) is 9.59 Å². The minimum Gasteiger partial charge on any atom is -0.388 e. The van der Waals surface area contributed by atoms with Crippen LogP contribution >= 0.6 is 0 Å². The van der Waals surface area contributed by atoms with E-state index in [4.69, 9.17) is 0 Å². The van der Waals surface area contributed by atoms with Crippen LogP contribution in [0.5, 0.6) is 0 Å². The van der Waals surface area contributed by atoms with Crippen LogP contribution in [0.15, 0.2) is 97.3 Å². The summed E-state index contributed by atoms with van der Waals surface area (Å²) >= 11 is 0. The predicted octanol–water partition coefficient (Wildman–Crippen LogP) is 4.30. The molecule has 6 atom stereocenters. The molecule has 4 rings (SSSR count). The first-order valence-electron chi connectivity index (χ1n) is 20.4. The monoisotopic (exact) mass is 822 g/mol. The Kier molecular flexibility index (Phi) is 17.6. The van der Waals surface area contributed by atoms with Gasteiger partial charge in [0.05, 0.1) is 36.6 Å². The molecule has 0 aliphatic heterocycles. The van der Waals surface area contributed by atoms with E-state index in [-0.39, 0.29) is 37.8 Å². The number of amides is 6. The highest BCUT2D eigenvalue weighted by Gasteiger charge is 2.38. The Labute approximate surface area is 354 Å². The van der Waals surface area contributed by atoms with Gasteiger partial charge in [-0.2, -0.15) is 0 Å². The van der Waals surface area contributed by atoms with Gasteiger partial charge in [0.1, 0.15) is 24.3 Å². The first kappa shape index (κ1) is 46.8.